The minimum absolute atomic E-state index is 0.0224. The van der Waals surface area contributed by atoms with E-state index in [0.29, 0.717) is 31.3 Å². The minimum Gasteiger partial charge on any atom is -0.494 e. The maximum Gasteiger partial charge on any atom is 0.296 e. The summed E-state index contributed by atoms with van der Waals surface area (Å²) in [7, 11) is 0. The fraction of sp³-hybridized carbons (Fsp3) is 0.571. The summed E-state index contributed by atoms with van der Waals surface area (Å²) in [4.78, 5) is 10.7. The van der Waals surface area contributed by atoms with E-state index in [1.165, 1.54) is 6.07 Å². The normalized spacial score (nSPS) is 18.2. The van der Waals surface area contributed by atoms with E-state index in [2.05, 4.69) is 5.32 Å². The van der Waals surface area contributed by atoms with Crippen molar-refractivity contribution < 1.29 is 19.1 Å². The van der Waals surface area contributed by atoms with Crippen LogP contribution >= 0.6 is 0 Å². The second-order valence-electron chi connectivity index (χ2n) is 5.23. The van der Waals surface area contributed by atoms with Crippen molar-refractivity contribution in [3.05, 3.63) is 28.3 Å². The molecule has 7 heteroatoms. The average Bonchev–Trinajstić information content (AvgIpc) is 2.43. The van der Waals surface area contributed by atoms with E-state index in [9.17, 15) is 10.1 Å². The van der Waals surface area contributed by atoms with Crippen LogP contribution in [0.25, 0.3) is 0 Å². The lowest BCUT2D eigenvalue weighted by Gasteiger charge is -2.35. The molecule has 0 atom stereocenters. The maximum atomic E-state index is 11.2. The summed E-state index contributed by atoms with van der Waals surface area (Å²) in [6, 6.07) is 4.63. The first-order valence-corrected chi connectivity index (χ1v) is 6.87. The minimum atomic E-state index is -0.608. The van der Waals surface area contributed by atoms with Crippen LogP contribution in [0, 0.1) is 10.1 Å². The molecule has 0 amide bonds. The molecule has 0 aromatic heterocycles. The first-order valence-electron chi connectivity index (χ1n) is 6.87. The van der Waals surface area contributed by atoms with Crippen molar-refractivity contribution in [3.8, 4) is 5.75 Å². The summed E-state index contributed by atoms with van der Waals surface area (Å²) in [5.41, 5.74) is 0.408. The lowest BCUT2D eigenvalue weighted by Crippen LogP contribution is -2.45. The lowest BCUT2D eigenvalue weighted by atomic mass is 10.2. The summed E-state index contributed by atoms with van der Waals surface area (Å²) < 4.78 is 16.4. The molecule has 1 fully saturated rings. The van der Waals surface area contributed by atoms with Gasteiger partial charge >= 0.3 is 0 Å². The summed E-state index contributed by atoms with van der Waals surface area (Å²) >= 11 is 0. The van der Waals surface area contributed by atoms with Crippen molar-refractivity contribution in [2.24, 2.45) is 0 Å². The molecule has 1 heterocycles. The maximum absolute atomic E-state index is 11.2. The number of nitrogens with one attached hydrogen (secondary N) is 1. The smallest absolute Gasteiger partial charge is 0.296 e. The Kier molecular flexibility index (Phi) is 4.64. The van der Waals surface area contributed by atoms with Crippen LogP contribution in [0.2, 0.25) is 0 Å². The second-order valence-corrected chi connectivity index (χ2v) is 5.23. The number of nitrogens with zero attached hydrogens (tertiary/aromatic N) is 1. The molecule has 7 nitrogen and oxygen atoms in total. The third-order valence-corrected chi connectivity index (χ3v) is 3.10. The number of anilines is 1. The summed E-state index contributed by atoms with van der Waals surface area (Å²) in [6.45, 7) is 6.82. The fourth-order valence-electron chi connectivity index (χ4n) is 2.04. The molecule has 1 aromatic carbocycles. The Labute approximate surface area is 123 Å². The second kappa shape index (κ2) is 6.28. The number of benzene rings is 1. The Balaban J connectivity index is 2.11. The van der Waals surface area contributed by atoms with Crippen LogP contribution in [-0.4, -0.2) is 36.6 Å². The van der Waals surface area contributed by atoms with Gasteiger partial charge in [0.15, 0.2) is 5.79 Å². The quantitative estimate of drug-likeness (QED) is 0.664. The molecule has 0 bridgehead atoms. The zero-order valence-electron chi connectivity index (χ0n) is 12.4. The molecule has 0 saturated carbocycles. The average molecular weight is 296 g/mol. The molecule has 1 aliphatic heterocycles. The Morgan fingerprint density at radius 3 is 2.67 bits per heavy atom. The first-order chi connectivity index (χ1) is 9.91. The van der Waals surface area contributed by atoms with Crippen LogP contribution < -0.4 is 10.1 Å². The molecule has 1 aromatic rings. The number of rotatable bonds is 5. The number of ether oxygens (including phenoxy) is 3. The predicted molar refractivity (Wildman–Crippen MR) is 77.7 cm³/mol. The van der Waals surface area contributed by atoms with Crippen molar-refractivity contribution in [1.29, 1.82) is 0 Å². The van der Waals surface area contributed by atoms with Crippen LogP contribution in [0.5, 0.6) is 5.75 Å². The van der Waals surface area contributed by atoms with Gasteiger partial charge in [-0.3, -0.25) is 10.1 Å². The summed E-state index contributed by atoms with van der Waals surface area (Å²) in [5.74, 6) is -0.129. The zero-order valence-corrected chi connectivity index (χ0v) is 12.4. The van der Waals surface area contributed by atoms with Gasteiger partial charge in [0.25, 0.3) is 5.69 Å². The molecule has 1 saturated heterocycles. The fourth-order valence-corrected chi connectivity index (χ4v) is 2.04. The van der Waals surface area contributed by atoms with Gasteiger partial charge in [0.2, 0.25) is 0 Å². The van der Waals surface area contributed by atoms with E-state index >= 15 is 0 Å². The van der Waals surface area contributed by atoms with Gasteiger partial charge in [-0.25, -0.2) is 0 Å². The number of hydrogen-bond acceptors (Lipinski definition) is 6. The van der Waals surface area contributed by atoms with Gasteiger partial charge in [0.05, 0.1) is 36.9 Å². The Hall–Kier alpha value is -1.86. The van der Waals surface area contributed by atoms with E-state index in [0.717, 1.165) is 0 Å². The molecular weight excluding hydrogens is 276 g/mol. The van der Waals surface area contributed by atoms with E-state index in [1.807, 2.05) is 20.8 Å². The van der Waals surface area contributed by atoms with Gasteiger partial charge < -0.3 is 19.5 Å². The third kappa shape index (κ3) is 4.05. The molecule has 1 N–H and O–H groups in total. The third-order valence-electron chi connectivity index (χ3n) is 3.10. The van der Waals surface area contributed by atoms with Crippen molar-refractivity contribution >= 4 is 11.4 Å². The lowest BCUT2D eigenvalue weighted by molar-refractivity contribution is -0.384. The Bertz CT molecular complexity index is 508. The number of nitro groups is 1. The molecular formula is C14H20N2O5. The largest absolute Gasteiger partial charge is 0.494 e. The van der Waals surface area contributed by atoms with E-state index in [1.54, 1.807) is 12.1 Å². The van der Waals surface area contributed by atoms with Crippen LogP contribution in [0.4, 0.5) is 11.4 Å². The van der Waals surface area contributed by atoms with Gasteiger partial charge in [-0.05, 0) is 32.9 Å². The Morgan fingerprint density at radius 1 is 1.43 bits per heavy atom. The molecule has 116 valence electrons. The van der Waals surface area contributed by atoms with Crippen molar-refractivity contribution in [1.82, 2.24) is 0 Å². The molecule has 0 radical (unpaired) electrons. The molecule has 0 spiro atoms. The van der Waals surface area contributed by atoms with Crippen molar-refractivity contribution in [2.45, 2.75) is 32.6 Å². The molecule has 0 aliphatic carbocycles. The SMILES string of the molecule is CCOc1ccc(NC2COC(C)(C)OC2)c([N+](=O)[O-])c1. The van der Waals surface area contributed by atoms with E-state index < -0.39 is 10.7 Å². The van der Waals surface area contributed by atoms with Crippen LogP contribution in [-0.2, 0) is 9.47 Å². The molecule has 0 unspecified atom stereocenters. The van der Waals surface area contributed by atoms with Gasteiger partial charge in [-0.15, -0.1) is 0 Å². The van der Waals surface area contributed by atoms with E-state index in [-0.39, 0.29) is 11.7 Å². The van der Waals surface area contributed by atoms with Crippen LogP contribution in [0.1, 0.15) is 20.8 Å². The van der Waals surface area contributed by atoms with Gasteiger partial charge in [0, 0.05) is 0 Å². The van der Waals surface area contributed by atoms with Crippen LogP contribution in [0.3, 0.4) is 0 Å². The summed E-state index contributed by atoms with van der Waals surface area (Å²) in [6.07, 6.45) is 0. The molecule has 1 aliphatic rings. The first kappa shape index (κ1) is 15.5. The zero-order chi connectivity index (χ0) is 15.5. The van der Waals surface area contributed by atoms with Gasteiger partial charge in [0.1, 0.15) is 11.4 Å². The molecule has 2 rings (SSSR count). The highest BCUT2D eigenvalue weighted by Gasteiger charge is 2.29. The topological polar surface area (TPSA) is 82.9 Å². The van der Waals surface area contributed by atoms with Crippen molar-refractivity contribution in [2.75, 3.05) is 25.1 Å². The Morgan fingerprint density at radius 2 is 2.10 bits per heavy atom. The highest BCUT2D eigenvalue weighted by molar-refractivity contribution is 5.64. The monoisotopic (exact) mass is 296 g/mol. The number of nitro benzene ring substituents is 1. The van der Waals surface area contributed by atoms with Gasteiger partial charge in [-0.1, -0.05) is 0 Å². The number of hydrogen-bond donors (Lipinski definition) is 1. The standard InChI is InChI=1S/C14H20N2O5/c1-4-19-11-5-6-12(13(7-11)16(17)18)15-10-8-20-14(2,3)21-9-10/h5-7,10,15H,4,8-9H2,1-3H3. The molecule has 21 heavy (non-hydrogen) atoms. The van der Waals surface area contributed by atoms with Gasteiger partial charge in [-0.2, -0.15) is 0 Å². The van der Waals surface area contributed by atoms with Crippen molar-refractivity contribution in [3.63, 3.8) is 0 Å². The predicted octanol–water partition coefficient (Wildman–Crippen LogP) is 2.56. The van der Waals surface area contributed by atoms with E-state index in [4.69, 9.17) is 14.2 Å². The highest BCUT2D eigenvalue weighted by atomic mass is 16.7. The highest BCUT2D eigenvalue weighted by Crippen LogP contribution is 2.30. The summed E-state index contributed by atoms with van der Waals surface area (Å²) in [5, 5.41) is 14.3. The van der Waals surface area contributed by atoms with Crippen LogP contribution in [0.15, 0.2) is 18.2 Å².